The van der Waals surface area contributed by atoms with Crippen molar-refractivity contribution >= 4 is 0 Å². The smallest absolute Gasteiger partial charge is 0.127 e. The van der Waals surface area contributed by atoms with E-state index >= 15 is 0 Å². The average Bonchev–Trinajstić information content (AvgIpc) is 2.44. The number of benzene rings is 1. The van der Waals surface area contributed by atoms with Crippen molar-refractivity contribution in [1.29, 1.82) is 0 Å². The third kappa shape index (κ3) is 5.09. The molecule has 4 heteroatoms. The number of rotatable bonds is 9. The number of nitrogens with one attached hydrogen (secondary N) is 2. The van der Waals surface area contributed by atoms with E-state index in [0.717, 1.165) is 43.1 Å². The predicted octanol–water partition coefficient (Wildman–Crippen LogP) is 2.18. The van der Waals surface area contributed by atoms with E-state index in [2.05, 4.69) is 24.5 Å². The Labute approximate surface area is 116 Å². The highest BCUT2D eigenvalue weighted by Gasteiger charge is 2.10. The highest BCUT2D eigenvalue weighted by molar-refractivity contribution is 5.44. The highest BCUT2D eigenvalue weighted by Crippen LogP contribution is 2.27. The predicted molar refractivity (Wildman–Crippen MR) is 79.0 cm³/mol. The monoisotopic (exact) mass is 266 g/mol. The lowest BCUT2D eigenvalue weighted by molar-refractivity contribution is 0.379. The van der Waals surface area contributed by atoms with Gasteiger partial charge in [0.1, 0.15) is 11.5 Å². The number of hydrogen-bond acceptors (Lipinski definition) is 4. The molecule has 0 aliphatic heterocycles. The van der Waals surface area contributed by atoms with Gasteiger partial charge in [-0.25, -0.2) is 0 Å². The summed E-state index contributed by atoms with van der Waals surface area (Å²) in [6.07, 6.45) is 1.16. The zero-order valence-corrected chi connectivity index (χ0v) is 12.5. The molecule has 0 aliphatic rings. The second kappa shape index (κ2) is 8.77. The molecular formula is C15H26N2O2. The fourth-order valence-electron chi connectivity index (χ4n) is 1.95. The quantitative estimate of drug-likeness (QED) is 0.672. The molecule has 1 atom stereocenters. The topological polar surface area (TPSA) is 42.5 Å². The molecule has 0 spiro atoms. The van der Waals surface area contributed by atoms with Crippen LogP contribution in [0.4, 0.5) is 0 Å². The minimum atomic E-state index is 0.404. The molecule has 0 bridgehead atoms. The van der Waals surface area contributed by atoms with E-state index in [1.807, 2.05) is 18.2 Å². The van der Waals surface area contributed by atoms with Crippen LogP contribution >= 0.6 is 0 Å². The van der Waals surface area contributed by atoms with Crippen molar-refractivity contribution in [2.75, 3.05) is 27.3 Å². The number of methoxy groups -OCH3 is 2. The van der Waals surface area contributed by atoms with Gasteiger partial charge in [0.15, 0.2) is 0 Å². The molecule has 0 saturated heterocycles. The Morgan fingerprint density at radius 2 is 1.79 bits per heavy atom. The molecule has 0 saturated carbocycles. The zero-order chi connectivity index (χ0) is 14.1. The maximum atomic E-state index is 5.38. The summed E-state index contributed by atoms with van der Waals surface area (Å²) >= 11 is 0. The Morgan fingerprint density at radius 3 is 2.32 bits per heavy atom. The first-order valence-corrected chi connectivity index (χ1v) is 6.86. The SMILES string of the molecule is CCCNCC(C)NCc1c(OC)cccc1OC. The van der Waals surface area contributed by atoms with Gasteiger partial charge in [-0.2, -0.15) is 0 Å². The van der Waals surface area contributed by atoms with Crippen molar-refractivity contribution in [3.8, 4) is 11.5 Å². The number of ether oxygens (including phenoxy) is 2. The minimum absolute atomic E-state index is 0.404. The molecular weight excluding hydrogens is 240 g/mol. The van der Waals surface area contributed by atoms with Crippen LogP contribution in [-0.4, -0.2) is 33.4 Å². The van der Waals surface area contributed by atoms with Gasteiger partial charge in [-0.3, -0.25) is 0 Å². The fourth-order valence-corrected chi connectivity index (χ4v) is 1.95. The molecule has 1 unspecified atom stereocenters. The highest BCUT2D eigenvalue weighted by atomic mass is 16.5. The molecule has 0 fully saturated rings. The molecule has 19 heavy (non-hydrogen) atoms. The molecule has 0 amide bonds. The molecule has 108 valence electrons. The first-order valence-electron chi connectivity index (χ1n) is 6.86. The Morgan fingerprint density at radius 1 is 1.16 bits per heavy atom. The van der Waals surface area contributed by atoms with Crippen LogP contribution in [0.15, 0.2) is 18.2 Å². The standard InChI is InChI=1S/C15H26N2O2/c1-5-9-16-10-12(2)17-11-13-14(18-3)7-6-8-15(13)19-4/h6-8,12,16-17H,5,9-11H2,1-4H3. The average molecular weight is 266 g/mol. The summed E-state index contributed by atoms with van der Waals surface area (Å²) in [5.74, 6) is 1.72. The maximum absolute atomic E-state index is 5.38. The molecule has 1 rings (SSSR count). The Hall–Kier alpha value is -1.26. The summed E-state index contributed by atoms with van der Waals surface area (Å²) in [6, 6.07) is 6.26. The van der Waals surface area contributed by atoms with E-state index in [0.29, 0.717) is 6.04 Å². The normalized spacial score (nSPS) is 12.2. The van der Waals surface area contributed by atoms with Crippen molar-refractivity contribution < 1.29 is 9.47 Å². The van der Waals surface area contributed by atoms with Crippen molar-refractivity contribution in [1.82, 2.24) is 10.6 Å². The van der Waals surface area contributed by atoms with Crippen LogP contribution in [-0.2, 0) is 6.54 Å². The molecule has 1 aromatic rings. The Balaban J connectivity index is 2.56. The van der Waals surface area contributed by atoms with Crippen LogP contribution in [0.3, 0.4) is 0 Å². The van der Waals surface area contributed by atoms with Gasteiger partial charge in [0.05, 0.1) is 14.2 Å². The van der Waals surface area contributed by atoms with Gasteiger partial charge in [-0.05, 0) is 32.0 Å². The van der Waals surface area contributed by atoms with Crippen molar-refractivity contribution in [3.63, 3.8) is 0 Å². The lowest BCUT2D eigenvalue weighted by atomic mass is 10.1. The van der Waals surface area contributed by atoms with Gasteiger partial charge in [-0.15, -0.1) is 0 Å². The minimum Gasteiger partial charge on any atom is -0.496 e. The van der Waals surface area contributed by atoms with E-state index in [1.165, 1.54) is 0 Å². The van der Waals surface area contributed by atoms with Crippen LogP contribution in [0.1, 0.15) is 25.8 Å². The Kier molecular flexibility index (Phi) is 7.30. The van der Waals surface area contributed by atoms with E-state index in [1.54, 1.807) is 14.2 Å². The summed E-state index contributed by atoms with van der Waals surface area (Å²) in [5, 5.41) is 6.89. The molecule has 0 aromatic heterocycles. The third-order valence-corrected chi connectivity index (χ3v) is 3.03. The third-order valence-electron chi connectivity index (χ3n) is 3.03. The molecule has 2 N–H and O–H groups in total. The van der Waals surface area contributed by atoms with E-state index in [-0.39, 0.29) is 0 Å². The van der Waals surface area contributed by atoms with E-state index in [9.17, 15) is 0 Å². The fraction of sp³-hybridized carbons (Fsp3) is 0.600. The molecule has 0 aliphatic carbocycles. The summed E-state index contributed by atoms with van der Waals surface area (Å²) in [4.78, 5) is 0. The van der Waals surface area contributed by atoms with Gasteiger partial charge in [0, 0.05) is 24.7 Å². The first kappa shape index (κ1) is 15.8. The molecule has 0 heterocycles. The van der Waals surface area contributed by atoms with Crippen LogP contribution < -0.4 is 20.1 Å². The van der Waals surface area contributed by atoms with Gasteiger partial charge in [-0.1, -0.05) is 13.0 Å². The van der Waals surface area contributed by atoms with Crippen LogP contribution in [0.2, 0.25) is 0 Å². The van der Waals surface area contributed by atoms with Crippen LogP contribution in [0.5, 0.6) is 11.5 Å². The van der Waals surface area contributed by atoms with Crippen LogP contribution in [0, 0.1) is 0 Å². The first-order chi connectivity index (χ1) is 9.22. The van der Waals surface area contributed by atoms with Crippen LogP contribution in [0.25, 0.3) is 0 Å². The van der Waals surface area contributed by atoms with E-state index < -0.39 is 0 Å². The molecule has 4 nitrogen and oxygen atoms in total. The van der Waals surface area contributed by atoms with E-state index in [4.69, 9.17) is 9.47 Å². The van der Waals surface area contributed by atoms with Gasteiger partial charge in [0.25, 0.3) is 0 Å². The second-order valence-electron chi connectivity index (χ2n) is 4.63. The zero-order valence-electron chi connectivity index (χ0n) is 12.5. The summed E-state index contributed by atoms with van der Waals surface area (Å²) in [7, 11) is 3.37. The lowest BCUT2D eigenvalue weighted by Crippen LogP contribution is -2.36. The molecule has 0 radical (unpaired) electrons. The lowest BCUT2D eigenvalue weighted by Gasteiger charge is -2.17. The largest absolute Gasteiger partial charge is 0.496 e. The summed E-state index contributed by atoms with van der Waals surface area (Å²) in [6.45, 7) is 7.10. The summed E-state index contributed by atoms with van der Waals surface area (Å²) < 4.78 is 10.8. The summed E-state index contributed by atoms with van der Waals surface area (Å²) in [5.41, 5.74) is 1.06. The van der Waals surface area contributed by atoms with Gasteiger partial charge < -0.3 is 20.1 Å². The van der Waals surface area contributed by atoms with Gasteiger partial charge >= 0.3 is 0 Å². The van der Waals surface area contributed by atoms with Gasteiger partial charge in [0.2, 0.25) is 0 Å². The maximum Gasteiger partial charge on any atom is 0.127 e. The second-order valence-corrected chi connectivity index (χ2v) is 4.63. The molecule has 1 aromatic carbocycles. The van der Waals surface area contributed by atoms with Crippen molar-refractivity contribution in [2.24, 2.45) is 0 Å². The Bertz CT molecular complexity index is 347. The van der Waals surface area contributed by atoms with Crippen molar-refractivity contribution in [2.45, 2.75) is 32.9 Å². The number of hydrogen-bond donors (Lipinski definition) is 2. The van der Waals surface area contributed by atoms with Crippen molar-refractivity contribution in [3.05, 3.63) is 23.8 Å².